The van der Waals surface area contributed by atoms with Crippen molar-refractivity contribution < 1.29 is 14.3 Å². The van der Waals surface area contributed by atoms with Crippen LogP contribution in [-0.2, 0) is 16.0 Å². The van der Waals surface area contributed by atoms with Gasteiger partial charge >= 0.3 is 5.97 Å². The molecule has 2 heterocycles. The molecule has 2 rings (SSSR count). The van der Waals surface area contributed by atoms with E-state index in [9.17, 15) is 4.79 Å². The van der Waals surface area contributed by atoms with Crippen LogP contribution in [0.3, 0.4) is 0 Å². The molecule has 0 unspecified atom stereocenters. The van der Waals surface area contributed by atoms with Crippen molar-refractivity contribution in [1.82, 2.24) is 4.90 Å². The van der Waals surface area contributed by atoms with Gasteiger partial charge in [0, 0.05) is 24.6 Å². The summed E-state index contributed by atoms with van der Waals surface area (Å²) in [5.74, 6) is -0.241. The smallest absolute Gasteiger partial charge is 0.348 e. The van der Waals surface area contributed by atoms with E-state index < -0.39 is 0 Å². The third-order valence-corrected chi connectivity index (χ3v) is 4.71. The summed E-state index contributed by atoms with van der Waals surface area (Å²) in [4.78, 5) is 15.9. The van der Waals surface area contributed by atoms with Crippen LogP contribution in [0.1, 0.15) is 33.0 Å². The number of hydrogen-bond acceptors (Lipinski definition) is 5. The summed E-state index contributed by atoms with van der Waals surface area (Å²) in [7, 11) is 3.17. The van der Waals surface area contributed by atoms with Gasteiger partial charge < -0.3 is 9.47 Å². The minimum Gasteiger partial charge on any atom is -0.465 e. The summed E-state index contributed by atoms with van der Waals surface area (Å²) in [5.41, 5.74) is 1.23. The number of hydrogen-bond donors (Lipinski definition) is 0. The Balaban J connectivity index is 2.06. The lowest BCUT2D eigenvalue weighted by Gasteiger charge is -2.23. The molecule has 0 bridgehead atoms. The molecule has 1 aromatic heterocycles. The lowest BCUT2D eigenvalue weighted by atomic mass is 10.2. The predicted molar refractivity (Wildman–Crippen MR) is 75.7 cm³/mol. The van der Waals surface area contributed by atoms with Gasteiger partial charge in [-0.1, -0.05) is 0 Å². The maximum Gasteiger partial charge on any atom is 0.348 e. The van der Waals surface area contributed by atoms with Gasteiger partial charge in [0.05, 0.1) is 13.7 Å². The number of thiophene rings is 1. The molecule has 0 saturated carbocycles. The van der Waals surface area contributed by atoms with Gasteiger partial charge in [0.2, 0.25) is 0 Å². The second-order valence-corrected chi connectivity index (χ2v) is 6.16. The van der Waals surface area contributed by atoms with Crippen molar-refractivity contribution in [1.29, 1.82) is 0 Å². The lowest BCUT2D eigenvalue weighted by Crippen LogP contribution is -2.32. The highest BCUT2D eigenvalue weighted by atomic mass is 32.1. The second-order valence-electron chi connectivity index (χ2n) is 4.91. The molecule has 1 atom stereocenters. The minimum absolute atomic E-state index is 0.241. The Kier molecular flexibility index (Phi) is 4.96. The van der Waals surface area contributed by atoms with Crippen molar-refractivity contribution in [3.63, 3.8) is 0 Å². The Morgan fingerprint density at radius 1 is 1.53 bits per heavy atom. The maximum atomic E-state index is 11.5. The van der Waals surface area contributed by atoms with Crippen LogP contribution in [0.25, 0.3) is 0 Å². The zero-order valence-electron chi connectivity index (χ0n) is 11.8. The quantitative estimate of drug-likeness (QED) is 0.778. The van der Waals surface area contributed by atoms with Crippen molar-refractivity contribution in [3.8, 4) is 0 Å². The first kappa shape index (κ1) is 14.5. The zero-order valence-corrected chi connectivity index (χ0v) is 12.6. The molecule has 0 spiro atoms. The van der Waals surface area contributed by atoms with Crippen molar-refractivity contribution in [2.24, 2.45) is 0 Å². The molecule has 1 saturated heterocycles. The molecule has 0 aliphatic carbocycles. The fourth-order valence-electron chi connectivity index (χ4n) is 2.58. The molecule has 19 heavy (non-hydrogen) atoms. The summed E-state index contributed by atoms with van der Waals surface area (Å²) >= 11 is 1.51. The molecule has 1 aliphatic rings. The predicted octanol–water partition coefficient (Wildman–Crippen LogP) is 2.45. The standard InChI is InChI=1S/C14H21NO3S/c1-10-11(7-13(19-10)14(16)18-3)8-15-6-4-5-12(15)9-17-2/h7,12H,4-6,8-9H2,1-3H3/t12-/m0/s1. The van der Waals surface area contributed by atoms with Crippen LogP contribution in [0.4, 0.5) is 0 Å². The number of carbonyl (C=O) groups is 1. The van der Waals surface area contributed by atoms with Gasteiger partial charge in [0.25, 0.3) is 0 Å². The molecule has 0 amide bonds. The second kappa shape index (κ2) is 6.50. The average molecular weight is 283 g/mol. The third kappa shape index (κ3) is 3.35. The highest BCUT2D eigenvalue weighted by Crippen LogP contribution is 2.27. The molecule has 0 radical (unpaired) electrons. The molecule has 0 aromatic carbocycles. The number of esters is 1. The number of ether oxygens (including phenoxy) is 2. The maximum absolute atomic E-state index is 11.5. The van der Waals surface area contributed by atoms with Gasteiger partial charge in [-0.05, 0) is 37.9 Å². The first-order chi connectivity index (χ1) is 9.15. The number of rotatable bonds is 5. The molecule has 4 nitrogen and oxygen atoms in total. The highest BCUT2D eigenvalue weighted by Gasteiger charge is 2.25. The highest BCUT2D eigenvalue weighted by molar-refractivity contribution is 7.14. The third-order valence-electron chi connectivity index (χ3n) is 3.64. The molecular formula is C14H21NO3S. The van der Waals surface area contributed by atoms with Gasteiger partial charge in [-0.2, -0.15) is 0 Å². The Morgan fingerprint density at radius 3 is 3.00 bits per heavy atom. The van der Waals surface area contributed by atoms with E-state index in [2.05, 4.69) is 11.8 Å². The molecular weight excluding hydrogens is 262 g/mol. The van der Waals surface area contributed by atoms with E-state index in [1.165, 1.54) is 41.7 Å². The molecule has 1 aliphatic heterocycles. The SMILES string of the molecule is COC[C@@H]1CCCN1Cc1cc(C(=O)OC)sc1C. The topological polar surface area (TPSA) is 38.8 Å². The van der Waals surface area contributed by atoms with Gasteiger partial charge in [0.15, 0.2) is 0 Å². The molecule has 1 aromatic rings. The Morgan fingerprint density at radius 2 is 2.32 bits per heavy atom. The monoisotopic (exact) mass is 283 g/mol. The van der Waals surface area contributed by atoms with E-state index in [0.717, 1.165) is 19.7 Å². The van der Waals surface area contributed by atoms with E-state index in [-0.39, 0.29) is 5.97 Å². The van der Waals surface area contributed by atoms with Crippen LogP contribution < -0.4 is 0 Å². The summed E-state index contributed by atoms with van der Waals surface area (Å²) in [6, 6.07) is 2.47. The Bertz CT molecular complexity index is 444. The fourth-order valence-corrected chi connectivity index (χ4v) is 3.53. The van der Waals surface area contributed by atoms with Crippen LogP contribution in [0, 0.1) is 6.92 Å². The number of likely N-dealkylation sites (tertiary alicyclic amines) is 1. The van der Waals surface area contributed by atoms with Crippen LogP contribution in [0.5, 0.6) is 0 Å². The Hall–Kier alpha value is -0.910. The molecule has 0 N–H and O–H groups in total. The first-order valence-electron chi connectivity index (χ1n) is 6.56. The van der Waals surface area contributed by atoms with Gasteiger partial charge in [-0.25, -0.2) is 4.79 Å². The molecule has 5 heteroatoms. The summed E-state index contributed by atoms with van der Waals surface area (Å²) in [6.07, 6.45) is 2.42. The molecule has 106 valence electrons. The Labute approximate surface area is 118 Å². The van der Waals surface area contributed by atoms with Crippen LogP contribution in [0.15, 0.2) is 6.07 Å². The average Bonchev–Trinajstić information content (AvgIpc) is 2.98. The lowest BCUT2D eigenvalue weighted by molar-refractivity contribution is 0.0606. The minimum atomic E-state index is -0.241. The van der Waals surface area contributed by atoms with Crippen molar-refractivity contribution in [2.45, 2.75) is 32.4 Å². The van der Waals surface area contributed by atoms with E-state index in [1.54, 1.807) is 7.11 Å². The largest absolute Gasteiger partial charge is 0.465 e. The number of carbonyl (C=O) groups excluding carboxylic acids is 1. The van der Waals surface area contributed by atoms with Crippen LogP contribution in [0.2, 0.25) is 0 Å². The fraction of sp³-hybridized carbons (Fsp3) is 0.643. The van der Waals surface area contributed by atoms with E-state index >= 15 is 0 Å². The normalized spacial score (nSPS) is 19.8. The van der Waals surface area contributed by atoms with Crippen LogP contribution in [-0.4, -0.2) is 44.3 Å². The summed E-state index contributed by atoms with van der Waals surface area (Å²) < 4.78 is 10.0. The number of aryl methyl sites for hydroxylation is 1. The summed E-state index contributed by atoms with van der Waals surface area (Å²) in [6.45, 7) is 4.85. The summed E-state index contributed by atoms with van der Waals surface area (Å²) in [5, 5.41) is 0. The van der Waals surface area contributed by atoms with Gasteiger partial charge in [0.1, 0.15) is 4.88 Å². The van der Waals surface area contributed by atoms with Crippen LogP contribution >= 0.6 is 11.3 Å². The van der Waals surface area contributed by atoms with Crippen molar-refractivity contribution in [2.75, 3.05) is 27.4 Å². The van der Waals surface area contributed by atoms with Gasteiger partial charge in [-0.3, -0.25) is 4.90 Å². The van der Waals surface area contributed by atoms with Crippen molar-refractivity contribution >= 4 is 17.3 Å². The van der Waals surface area contributed by atoms with Crippen molar-refractivity contribution in [3.05, 3.63) is 21.4 Å². The van der Waals surface area contributed by atoms with E-state index in [0.29, 0.717) is 10.9 Å². The number of nitrogens with zero attached hydrogens (tertiary/aromatic N) is 1. The van der Waals surface area contributed by atoms with Gasteiger partial charge in [-0.15, -0.1) is 11.3 Å². The number of methoxy groups -OCH3 is 2. The molecule has 1 fully saturated rings. The van der Waals surface area contributed by atoms with E-state index in [4.69, 9.17) is 9.47 Å². The zero-order chi connectivity index (χ0) is 13.8. The first-order valence-corrected chi connectivity index (χ1v) is 7.38. The van der Waals surface area contributed by atoms with E-state index in [1.807, 2.05) is 6.07 Å².